The highest BCUT2D eigenvalue weighted by Crippen LogP contribution is 2.28. The van der Waals surface area contributed by atoms with Gasteiger partial charge in [0, 0.05) is 38.7 Å². The van der Waals surface area contributed by atoms with E-state index >= 15 is 0 Å². The van der Waals surface area contributed by atoms with E-state index in [4.69, 9.17) is 0 Å². The van der Waals surface area contributed by atoms with Gasteiger partial charge < -0.3 is 10.2 Å². The molecule has 2 heterocycles. The first-order valence-electron chi connectivity index (χ1n) is 7.71. The Morgan fingerprint density at radius 3 is 2.85 bits per heavy atom. The third-order valence-electron chi connectivity index (χ3n) is 4.50. The molecule has 5 heteroatoms. The van der Waals surface area contributed by atoms with Crippen LogP contribution in [0.5, 0.6) is 0 Å². The number of fused-ring (bicyclic) bond motifs is 1. The average molecular weight is 339 g/mol. The lowest BCUT2D eigenvalue weighted by atomic mass is 9.89. The summed E-state index contributed by atoms with van der Waals surface area (Å²) < 4.78 is 0.726. The molecule has 0 spiro atoms. The Labute approximate surface area is 129 Å². The molecule has 2 aliphatic rings. The maximum absolute atomic E-state index is 4.64. The van der Waals surface area contributed by atoms with Crippen molar-refractivity contribution in [2.45, 2.75) is 45.1 Å². The van der Waals surface area contributed by atoms with Gasteiger partial charge in [0.1, 0.15) is 5.82 Å². The van der Waals surface area contributed by atoms with Gasteiger partial charge in [0.15, 0.2) is 4.73 Å². The molecule has 0 aromatic carbocycles. The standard InChI is InChI=1S/C15H23BrN4/c1-20(10-11-5-3-2-4-6-11)14-12-9-17-8-7-13(12)18-15(16)19-14/h11,17H,2-10H2,1H3. The van der Waals surface area contributed by atoms with Crippen molar-refractivity contribution in [3.05, 3.63) is 16.0 Å². The Morgan fingerprint density at radius 1 is 1.25 bits per heavy atom. The summed E-state index contributed by atoms with van der Waals surface area (Å²) in [5, 5.41) is 3.44. The van der Waals surface area contributed by atoms with Crippen LogP contribution in [0.15, 0.2) is 4.73 Å². The van der Waals surface area contributed by atoms with Crippen LogP contribution in [0.1, 0.15) is 43.4 Å². The van der Waals surface area contributed by atoms with E-state index in [1.54, 1.807) is 0 Å². The highest BCUT2D eigenvalue weighted by atomic mass is 79.9. The topological polar surface area (TPSA) is 41.1 Å². The second-order valence-electron chi connectivity index (χ2n) is 6.05. The Bertz CT molecular complexity index is 471. The van der Waals surface area contributed by atoms with Gasteiger partial charge in [0.05, 0.1) is 5.69 Å². The van der Waals surface area contributed by atoms with Crippen LogP contribution in [0.4, 0.5) is 5.82 Å². The minimum absolute atomic E-state index is 0.726. The normalized spacial score (nSPS) is 19.7. The first-order chi connectivity index (χ1) is 9.74. The Hall–Kier alpha value is -0.680. The third kappa shape index (κ3) is 3.14. The Kier molecular flexibility index (Phi) is 4.56. The van der Waals surface area contributed by atoms with E-state index in [2.05, 4.69) is 43.2 Å². The van der Waals surface area contributed by atoms with E-state index in [1.807, 2.05) is 0 Å². The second kappa shape index (κ2) is 6.39. The molecular weight excluding hydrogens is 316 g/mol. The van der Waals surface area contributed by atoms with E-state index in [-0.39, 0.29) is 0 Å². The number of aromatic nitrogens is 2. The van der Waals surface area contributed by atoms with Crippen LogP contribution in [0.3, 0.4) is 0 Å². The fourth-order valence-electron chi connectivity index (χ4n) is 3.46. The molecule has 3 rings (SSSR count). The minimum atomic E-state index is 0.726. The summed E-state index contributed by atoms with van der Waals surface area (Å²) in [7, 11) is 2.18. The first kappa shape index (κ1) is 14.3. The molecule has 0 radical (unpaired) electrons. The van der Waals surface area contributed by atoms with E-state index in [9.17, 15) is 0 Å². The molecule has 1 saturated carbocycles. The summed E-state index contributed by atoms with van der Waals surface area (Å²) in [6, 6.07) is 0. The number of halogens is 1. The van der Waals surface area contributed by atoms with Gasteiger partial charge in [0.25, 0.3) is 0 Å². The van der Waals surface area contributed by atoms with E-state index in [1.165, 1.54) is 43.4 Å². The van der Waals surface area contributed by atoms with E-state index < -0.39 is 0 Å². The van der Waals surface area contributed by atoms with Gasteiger partial charge in [-0.05, 0) is 34.7 Å². The molecule has 1 fully saturated rings. The van der Waals surface area contributed by atoms with E-state index in [0.717, 1.165) is 42.5 Å². The summed E-state index contributed by atoms with van der Waals surface area (Å²) >= 11 is 3.47. The summed E-state index contributed by atoms with van der Waals surface area (Å²) in [5.41, 5.74) is 2.49. The zero-order chi connectivity index (χ0) is 13.9. The molecule has 1 aliphatic carbocycles. The molecule has 1 aromatic rings. The van der Waals surface area contributed by atoms with Gasteiger partial charge in [-0.3, -0.25) is 0 Å². The van der Waals surface area contributed by atoms with Crippen molar-refractivity contribution in [3.8, 4) is 0 Å². The van der Waals surface area contributed by atoms with Crippen molar-refractivity contribution < 1.29 is 0 Å². The lowest BCUT2D eigenvalue weighted by molar-refractivity contribution is 0.361. The quantitative estimate of drug-likeness (QED) is 0.860. The number of anilines is 1. The fourth-order valence-corrected chi connectivity index (χ4v) is 3.84. The number of hydrogen-bond donors (Lipinski definition) is 1. The lowest BCUT2D eigenvalue weighted by Gasteiger charge is -2.30. The molecule has 0 amide bonds. The van der Waals surface area contributed by atoms with Crippen molar-refractivity contribution in [1.82, 2.24) is 15.3 Å². The van der Waals surface area contributed by atoms with Crippen molar-refractivity contribution in [2.75, 3.05) is 25.0 Å². The monoisotopic (exact) mass is 338 g/mol. The number of hydrogen-bond acceptors (Lipinski definition) is 4. The van der Waals surface area contributed by atoms with Crippen LogP contribution >= 0.6 is 15.9 Å². The van der Waals surface area contributed by atoms with Crippen LogP contribution in [0.2, 0.25) is 0 Å². The Morgan fingerprint density at radius 2 is 2.05 bits per heavy atom. The molecule has 0 atom stereocenters. The zero-order valence-electron chi connectivity index (χ0n) is 12.2. The highest BCUT2D eigenvalue weighted by Gasteiger charge is 2.22. The highest BCUT2D eigenvalue weighted by molar-refractivity contribution is 9.10. The van der Waals surface area contributed by atoms with Crippen LogP contribution < -0.4 is 10.2 Å². The van der Waals surface area contributed by atoms with Crippen LogP contribution in [-0.2, 0) is 13.0 Å². The van der Waals surface area contributed by atoms with Crippen LogP contribution in [0.25, 0.3) is 0 Å². The molecule has 20 heavy (non-hydrogen) atoms. The summed E-state index contributed by atoms with van der Waals surface area (Å²) in [6.45, 7) is 3.03. The summed E-state index contributed by atoms with van der Waals surface area (Å²) in [6.07, 6.45) is 7.95. The molecule has 1 aliphatic heterocycles. The molecule has 0 bridgehead atoms. The van der Waals surface area contributed by atoms with Gasteiger partial charge in [-0.1, -0.05) is 19.3 Å². The Balaban J connectivity index is 1.79. The second-order valence-corrected chi connectivity index (χ2v) is 6.76. The van der Waals surface area contributed by atoms with Crippen LogP contribution in [-0.4, -0.2) is 30.1 Å². The van der Waals surface area contributed by atoms with Gasteiger partial charge >= 0.3 is 0 Å². The predicted octanol–water partition coefficient (Wildman–Crippen LogP) is 2.90. The molecule has 0 unspecified atom stereocenters. The maximum atomic E-state index is 4.64. The van der Waals surface area contributed by atoms with E-state index in [0.29, 0.717) is 0 Å². The SMILES string of the molecule is CN(CC1CCCCC1)c1nc(Br)nc2c1CNCC2. The largest absolute Gasteiger partial charge is 0.359 e. The van der Waals surface area contributed by atoms with Crippen molar-refractivity contribution in [2.24, 2.45) is 5.92 Å². The zero-order valence-corrected chi connectivity index (χ0v) is 13.7. The molecule has 4 nitrogen and oxygen atoms in total. The minimum Gasteiger partial charge on any atom is -0.359 e. The average Bonchev–Trinajstić information content (AvgIpc) is 2.47. The molecular formula is C15H23BrN4. The van der Waals surface area contributed by atoms with Crippen molar-refractivity contribution in [1.29, 1.82) is 0 Å². The number of rotatable bonds is 3. The first-order valence-corrected chi connectivity index (χ1v) is 8.50. The van der Waals surface area contributed by atoms with Crippen molar-refractivity contribution in [3.63, 3.8) is 0 Å². The van der Waals surface area contributed by atoms with Gasteiger partial charge in [-0.2, -0.15) is 0 Å². The molecule has 110 valence electrons. The number of nitrogens with zero attached hydrogens (tertiary/aromatic N) is 3. The van der Waals surface area contributed by atoms with Gasteiger partial charge in [0.2, 0.25) is 0 Å². The smallest absolute Gasteiger partial charge is 0.198 e. The summed E-state index contributed by atoms with van der Waals surface area (Å²) in [5.74, 6) is 1.94. The summed E-state index contributed by atoms with van der Waals surface area (Å²) in [4.78, 5) is 11.5. The lowest BCUT2D eigenvalue weighted by Crippen LogP contribution is -2.32. The molecule has 1 N–H and O–H groups in total. The molecule has 1 aromatic heterocycles. The maximum Gasteiger partial charge on any atom is 0.198 e. The van der Waals surface area contributed by atoms with Gasteiger partial charge in [-0.25, -0.2) is 9.97 Å². The molecule has 0 saturated heterocycles. The fraction of sp³-hybridized carbons (Fsp3) is 0.733. The predicted molar refractivity (Wildman–Crippen MR) is 85.0 cm³/mol. The third-order valence-corrected chi connectivity index (χ3v) is 4.86. The van der Waals surface area contributed by atoms with Crippen LogP contribution in [0, 0.1) is 5.92 Å². The van der Waals surface area contributed by atoms with Gasteiger partial charge in [-0.15, -0.1) is 0 Å². The number of nitrogens with one attached hydrogen (secondary N) is 1. The van der Waals surface area contributed by atoms with Crippen molar-refractivity contribution >= 4 is 21.7 Å².